The van der Waals surface area contributed by atoms with Gasteiger partial charge >= 0.3 is 0 Å². The predicted molar refractivity (Wildman–Crippen MR) is 114 cm³/mol. The number of amides is 1. The van der Waals surface area contributed by atoms with Crippen molar-refractivity contribution in [2.45, 2.75) is 31.0 Å². The molecule has 0 unspecified atom stereocenters. The largest absolute Gasteiger partial charge is 0.494 e. The number of thioether (sulfide) groups is 1. The summed E-state index contributed by atoms with van der Waals surface area (Å²) in [5, 5.41) is 11.1. The third kappa shape index (κ3) is 6.95. The molecule has 1 aromatic heterocycles. The van der Waals surface area contributed by atoms with Gasteiger partial charge in [0.25, 0.3) is 0 Å². The molecule has 0 fully saturated rings. The van der Waals surface area contributed by atoms with Crippen molar-refractivity contribution in [1.29, 1.82) is 0 Å². The molecule has 1 N–H and O–H groups in total. The lowest BCUT2D eigenvalue weighted by Crippen LogP contribution is -2.31. The Hall–Kier alpha value is -1.85. The van der Waals surface area contributed by atoms with Crippen LogP contribution in [0.5, 0.6) is 5.75 Å². The molecular weight excluding hydrogens is 420 g/mol. The van der Waals surface area contributed by atoms with E-state index in [9.17, 15) is 13.2 Å². The van der Waals surface area contributed by atoms with Crippen LogP contribution in [0.1, 0.15) is 26.7 Å². The topological polar surface area (TPSA) is 101 Å². The second kappa shape index (κ2) is 10.6. The Kier molecular flexibility index (Phi) is 8.52. The fraction of sp³-hybridized carbons (Fsp3) is 0.471. The second-order valence-corrected chi connectivity index (χ2v) is 10.1. The molecule has 0 aliphatic heterocycles. The molecule has 0 aliphatic rings. The van der Waals surface area contributed by atoms with E-state index in [2.05, 4.69) is 15.5 Å². The molecule has 8 nitrogen and oxygen atoms in total. The van der Waals surface area contributed by atoms with Crippen molar-refractivity contribution in [3.05, 3.63) is 24.3 Å². The lowest BCUT2D eigenvalue weighted by Gasteiger charge is -2.22. The highest BCUT2D eigenvalue weighted by molar-refractivity contribution is 8.01. The maximum Gasteiger partial charge on any atom is 0.232 e. The van der Waals surface area contributed by atoms with E-state index in [1.807, 2.05) is 13.8 Å². The van der Waals surface area contributed by atoms with Gasteiger partial charge < -0.3 is 10.1 Å². The van der Waals surface area contributed by atoms with Gasteiger partial charge in [0.1, 0.15) is 5.75 Å². The van der Waals surface area contributed by atoms with E-state index in [0.717, 1.165) is 16.3 Å². The van der Waals surface area contributed by atoms with Gasteiger partial charge in [-0.05, 0) is 43.4 Å². The average Bonchev–Trinajstić information content (AvgIpc) is 3.06. The summed E-state index contributed by atoms with van der Waals surface area (Å²) in [5.41, 5.74) is 0.539. The van der Waals surface area contributed by atoms with Crippen LogP contribution in [0.15, 0.2) is 28.6 Å². The van der Waals surface area contributed by atoms with Crippen LogP contribution in [0.4, 0.5) is 10.8 Å². The molecule has 1 aromatic carbocycles. The van der Waals surface area contributed by atoms with Gasteiger partial charge in [-0.1, -0.05) is 30.0 Å². The number of rotatable bonds is 11. The van der Waals surface area contributed by atoms with Crippen LogP contribution >= 0.6 is 23.1 Å². The number of benzene rings is 1. The maximum absolute atomic E-state index is 12.1. The van der Waals surface area contributed by atoms with Crippen molar-refractivity contribution in [2.75, 3.05) is 34.8 Å². The quantitative estimate of drug-likeness (QED) is 0.419. The summed E-state index contributed by atoms with van der Waals surface area (Å²) in [5.74, 6) is 1.34. The summed E-state index contributed by atoms with van der Waals surface area (Å²) < 4.78 is 31.8. The first-order valence-corrected chi connectivity index (χ1v) is 12.4. The van der Waals surface area contributed by atoms with Crippen LogP contribution < -0.4 is 14.4 Å². The Balaban J connectivity index is 1.91. The highest BCUT2D eigenvalue weighted by atomic mass is 32.2. The molecule has 0 spiro atoms. The van der Waals surface area contributed by atoms with Crippen LogP contribution in [-0.2, 0) is 14.8 Å². The van der Waals surface area contributed by atoms with Crippen LogP contribution in [0.2, 0.25) is 0 Å². The van der Waals surface area contributed by atoms with E-state index in [4.69, 9.17) is 4.74 Å². The van der Waals surface area contributed by atoms with Crippen molar-refractivity contribution in [3.63, 3.8) is 0 Å². The Bertz CT molecular complexity index is 869. The first-order valence-electron chi connectivity index (χ1n) is 8.80. The molecule has 0 saturated heterocycles. The van der Waals surface area contributed by atoms with Gasteiger partial charge in [0.2, 0.25) is 21.1 Å². The molecule has 0 bridgehead atoms. The number of hydrogen-bond acceptors (Lipinski definition) is 8. The van der Waals surface area contributed by atoms with Gasteiger partial charge in [-0.2, -0.15) is 0 Å². The van der Waals surface area contributed by atoms with Crippen molar-refractivity contribution in [3.8, 4) is 5.75 Å². The predicted octanol–water partition coefficient (Wildman–Crippen LogP) is 3.23. The summed E-state index contributed by atoms with van der Waals surface area (Å²) in [6.07, 6.45) is 1.71. The van der Waals surface area contributed by atoms with Gasteiger partial charge in [0, 0.05) is 13.0 Å². The smallest absolute Gasteiger partial charge is 0.232 e. The SMILES string of the molecule is CCOc1ccc(N(CCCC(=O)Nc2nnc(SCC)s2)S(C)(=O)=O)cc1. The molecule has 1 heterocycles. The first-order chi connectivity index (χ1) is 13.3. The first kappa shape index (κ1) is 22.4. The third-order valence-electron chi connectivity index (χ3n) is 3.52. The van der Waals surface area contributed by atoms with Gasteiger partial charge in [-0.15, -0.1) is 10.2 Å². The lowest BCUT2D eigenvalue weighted by atomic mass is 10.2. The van der Waals surface area contributed by atoms with E-state index in [1.165, 1.54) is 15.6 Å². The summed E-state index contributed by atoms with van der Waals surface area (Å²) in [7, 11) is -3.47. The molecule has 154 valence electrons. The molecule has 2 rings (SSSR count). The number of hydrogen-bond donors (Lipinski definition) is 1. The summed E-state index contributed by atoms with van der Waals surface area (Å²) in [6, 6.07) is 6.84. The number of anilines is 2. The van der Waals surface area contributed by atoms with E-state index in [0.29, 0.717) is 29.6 Å². The summed E-state index contributed by atoms with van der Waals surface area (Å²) >= 11 is 2.88. The minimum absolute atomic E-state index is 0.179. The number of aromatic nitrogens is 2. The van der Waals surface area contributed by atoms with Crippen LogP contribution in [0.25, 0.3) is 0 Å². The monoisotopic (exact) mass is 444 g/mol. The Morgan fingerprint density at radius 3 is 2.57 bits per heavy atom. The molecular formula is C17H24N4O4S3. The normalized spacial score (nSPS) is 11.2. The standard InChI is InChI=1S/C17H24N4O4S3/c1-4-25-14-10-8-13(9-11-14)21(28(3,23)24)12-6-7-15(22)18-16-19-20-17(27-16)26-5-2/h8-11H,4-7,12H2,1-3H3,(H,18,19,22). The third-order valence-corrected chi connectivity index (χ3v) is 6.57. The lowest BCUT2D eigenvalue weighted by molar-refractivity contribution is -0.116. The molecule has 0 saturated carbocycles. The molecule has 11 heteroatoms. The highest BCUT2D eigenvalue weighted by Crippen LogP contribution is 2.25. The van der Waals surface area contributed by atoms with Crippen LogP contribution in [-0.4, -0.2) is 49.7 Å². The zero-order valence-corrected chi connectivity index (χ0v) is 18.5. The minimum Gasteiger partial charge on any atom is -0.494 e. The number of nitrogens with one attached hydrogen (secondary N) is 1. The fourth-order valence-corrected chi connectivity index (χ4v) is 5.00. The van der Waals surface area contributed by atoms with Gasteiger partial charge in [0.15, 0.2) is 4.34 Å². The zero-order valence-electron chi connectivity index (χ0n) is 16.0. The molecule has 1 amide bonds. The Morgan fingerprint density at radius 1 is 1.25 bits per heavy atom. The molecule has 0 radical (unpaired) electrons. The van der Waals surface area contributed by atoms with Crippen molar-refractivity contribution >= 4 is 49.8 Å². The number of carbonyl (C=O) groups excluding carboxylic acids is 1. The maximum atomic E-state index is 12.1. The fourth-order valence-electron chi connectivity index (χ4n) is 2.37. The summed E-state index contributed by atoms with van der Waals surface area (Å²) in [4.78, 5) is 12.1. The van der Waals surface area contributed by atoms with Crippen LogP contribution in [0, 0.1) is 0 Å². The molecule has 0 atom stereocenters. The van der Waals surface area contributed by atoms with Crippen molar-refractivity contribution in [1.82, 2.24) is 10.2 Å². The Morgan fingerprint density at radius 2 is 1.96 bits per heavy atom. The average molecular weight is 445 g/mol. The van der Waals surface area contributed by atoms with Crippen LogP contribution in [0.3, 0.4) is 0 Å². The summed E-state index contributed by atoms with van der Waals surface area (Å²) in [6.45, 7) is 4.64. The molecule has 28 heavy (non-hydrogen) atoms. The van der Waals surface area contributed by atoms with Gasteiger partial charge in [0.05, 0.1) is 18.6 Å². The number of sulfonamides is 1. The van der Waals surface area contributed by atoms with E-state index in [-0.39, 0.29) is 18.9 Å². The van der Waals surface area contributed by atoms with Crippen molar-refractivity contribution in [2.24, 2.45) is 0 Å². The number of nitrogens with zero attached hydrogens (tertiary/aromatic N) is 3. The Labute approximate surface area is 173 Å². The van der Waals surface area contributed by atoms with Crippen molar-refractivity contribution < 1.29 is 17.9 Å². The van der Waals surface area contributed by atoms with Gasteiger partial charge in [-0.25, -0.2) is 8.42 Å². The van der Waals surface area contributed by atoms with E-state index >= 15 is 0 Å². The van der Waals surface area contributed by atoms with E-state index in [1.54, 1.807) is 36.0 Å². The number of ether oxygens (including phenoxy) is 1. The molecule has 2 aromatic rings. The minimum atomic E-state index is -3.47. The molecule has 0 aliphatic carbocycles. The zero-order chi connectivity index (χ0) is 20.6. The highest BCUT2D eigenvalue weighted by Gasteiger charge is 2.18. The van der Waals surface area contributed by atoms with E-state index < -0.39 is 10.0 Å². The number of carbonyl (C=O) groups is 1. The van der Waals surface area contributed by atoms with Gasteiger partial charge in [-0.3, -0.25) is 9.10 Å². The second-order valence-electron chi connectivity index (χ2n) is 5.72.